The van der Waals surface area contributed by atoms with E-state index in [1.54, 1.807) is 0 Å². The molecule has 0 aliphatic rings. The highest BCUT2D eigenvalue weighted by Crippen LogP contribution is 2.36. The highest BCUT2D eigenvalue weighted by Gasteiger charge is 2.22. The van der Waals surface area contributed by atoms with Crippen LogP contribution in [0.25, 0.3) is 0 Å². The van der Waals surface area contributed by atoms with Gasteiger partial charge in [0.2, 0.25) is 0 Å². The quantitative estimate of drug-likeness (QED) is 0.0295. The van der Waals surface area contributed by atoms with Gasteiger partial charge in [0.05, 0.1) is 6.61 Å². The Balaban J connectivity index is 3.94. The van der Waals surface area contributed by atoms with E-state index in [1.165, 1.54) is 103 Å². The van der Waals surface area contributed by atoms with E-state index in [-0.39, 0.29) is 19.4 Å². The normalized spacial score (nSPS) is 12.5. The Labute approximate surface area is 282 Å². The molecular formula is C37H71O8P. The van der Waals surface area contributed by atoms with Crippen molar-refractivity contribution in [2.24, 2.45) is 0 Å². The van der Waals surface area contributed by atoms with Gasteiger partial charge < -0.3 is 19.3 Å². The molecule has 0 saturated carbocycles. The topological polar surface area (TPSA) is 119 Å². The fraction of sp³-hybridized carbons (Fsp3) is 0.892. The van der Waals surface area contributed by atoms with Crippen LogP contribution >= 0.6 is 7.82 Å². The van der Waals surface area contributed by atoms with E-state index in [0.29, 0.717) is 12.8 Å². The van der Waals surface area contributed by atoms with Crippen molar-refractivity contribution < 1.29 is 37.9 Å². The Hall–Kier alpha value is -1.21. The molecule has 0 unspecified atom stereocenters. The summed E-state index contributed by atoms with van der Waals surface area (Å²) in [6, 6.07) is 0. The van der Waals surface area contributed by atoms with E-state index in [0.717, 1.165) is 51.4 Å². The molecule has 0 fully saturated rings. The third kappa shape index (κ3) is 35.6. The first-order valence-electron chi connectivity index (χ1n) is 19.0. The highest BCUT2D eigenvalue weighted by molar-refractivity contribution is 7.46. The maximum absolute atomic E-state index is 12.3. The summed E-state index contributed by atoms with van der Waals surface area (Å²) in [5.74, 6) is -0.887. The van der Waals surface area contributed by atoms with Gasteiger partial charge in [0.25, 0.3) is 0 Å². The van der Waals surface area contributed by atoms with Crippen LogP contribution in [0.3, 0.4) is 0 Å². The Morgan fingerprint density at radius 2 is 0.913 bits per heavy atom. The number of unbranched alkanes of at least 4 members (excludes halogenated alkanes) is 23. The Bertz CT molecular complexity index is 766. The predicted molar refractivity (Wildman–Crippen MR) is 189 cm³/mol. The van der Waals surface area contributed by atoms with Crippen molar-refractivity contribution in [1.29, 1.82) is 0 Å². The maximum Gasteiger partial charge on any atom is 0.469 e. The molecule has 9 heteroatoms. The minimum Gasteiger partial charge on any atom is -0.462 e. The summed E-state index contributed by atoms with van der Waals surface area (Å²) in [5, 5.41) is 0. The Morgan fingerprint density at radius 1 is 0.543 bits per heavy atom. The van der Waals surface area contributed by atoms with Gasteiger partial charge in [-0.15, -0.1) is 0 Å². The maximum atomic E-state index is 12.3. The monoisotopic (exact) mass is 674 g/mol. The van der Waals surface area contributed by atoms with Crippen LogP contribution in [-0.2, 0) is 28.2 Å². The zero-order chi connectivity index (χ0) is 34.0. The molecule has 0 aromatic rings. The van der Waals surface area contributed by atoms with Gasteiger partial charge in [0.15, 0.2) is 6.10 Å². The number of carbonyl (C=O) groups is 2. The number of hydrogen-bond donors (Lipinski definition) is 2. The fourth-order valence-corrected chi connectivity index (χ4v) is 5.79. The van der Waals surface area contributed by atoms with Crippen LogP contribution < -0.4 is 0 Å². The predicted octanol–water partition coefficient (Wildman–Crippen LogP) is 11.1. The average molecular weight is 675 g/mol. The first kappa shape index (κ1) is 44.8. The third-order valence-corrected chi connectivity index (χ3v) is 8.77. The first-order chi connectivity index (χ1) is 22.3. The van der Waals surface area contributed by atoms with Gasteiger partial charge in [-0.1, -0.05) is 154 Å². The number of phosphoric acid groups is 1. The van der Waals surface area contributed by atoms with Crippen LogP contribution in [0.1, 0.15) is 194 Å². The van der Waals surface area contributed by atoms with E-state index >= 15 is 0 Å². The summed E-state index contributed by atoms with van der Waals surface area (Å²) in [7, 11) is -4.74. The van der Waals surface area contributed by atoms with Crippen molar-refractivity contribution in [1.82, 2.24) is 0 Å². The van der Waals surface area contributed by atoms with E-state index in [2.05, 4.69) is 30.5 Å². The second kappa shape index (κ2) is 33.7. The van der Waals surface area contributed by atoms with Gasteiger partial charge in [-0.05, 0) is 38.5 Å². The molecule has 46 heavy (non-hydrogen) atoms. The lowest BCUT2D eigenvalue weighted by atomic mass is 10.0. The lowest BCUT2D eigenvalue weighted by molar-refractivity contribution is -0.161. The number of hydrogen-bond acceptors (Lipinski definition) is 6. The molecule has 0 aliphatic carbocycles. The first-order valence-corrected chi connectivity index (χ1v) is 20.5. The van der Waals surface area contributed by atoms with E-state index in [1.807, 2.05) is 0 Å². The molecule has 1 atom stereocenters. The SMILES string of the molecule is CCCCCC/C=C\CCCCCCCC(=O)OC[C@H](COP(=O)(O)O)OC(=O)CCCCCCCCCCCCCCCCC. The molecule has 272 valence electrons. The largest absolute Gasteiger partial charge is 0.469 e. The summed E-state index contributed by atoms with van der Waals surface area (Å²) < 4.78 is 26.3. The van der Waals surface area contributed by atoms with Crippen LogP contribution in [0.4, 0.5) is 0 Å². The smallest absolute Gasteiger partial charge is 0.462 e. The second-order valence-corrected chi connectivity index (χ2v) is 14.1. The molecule has 0 heterocycles. The molecular weight excluding hydrogens is 603 g/mol. The number of ether oxygens (including phenoxy) is 2. The molecule has 0 aliphatic heterocycles. The lowest BCUT2D eigenvalue weighted by Crippen LogP contribution is -2.29. The standard InChI is InChI=1S/C37H71O8P/c1-3-5-7-9-11-13-15-17-18-20-22-24-26-28-30-32-37(39)45-35(34-44-46(40,41)42)33-43-36(38)31-29-27-25-23-21-19-16-14-12-10-8-6-4-2/h14,16,35H,3-13,15,17-34H2,1-2H3,(H2,40,41,42)/b16-14-/t35-/m1/s1. The van der Waals surface area contributed by atoms with E-state index < -0.39 is 32.5 Å². The lowest BCUT2D eigenvalue weighted by Gasteiger charge is -2.18. The number of allylic oxidation sites excluding steroid dienone is 2. The molecule has 0 spiro atoms. The number of carbonyl (C=O) groups excluding carboxylic acids is 2. The molecule has 8 nitrogen and oxygen atoms in total. The van der Waals surface area contributed by atoms with Gasteiger partial charge in [-0.25, -0.2) is 4.57 Å². The van der Waals surface area contributed by atoms with E-state index in [9.17, 15) is 14.2 Å². The van der Waals surface area contributed by atoms with Gasteiger partial charge in [0, 0.05) is 12.8 Å². The zero-order valence-corrected chi connectivity index (χ0v) is 30.6. The second-order valence-electron chi connectivity index (χ2n) is 12.9. The molecule has 0 rings (SSSR count). The van der Waals surface area contributed by atoms with Gasteiger partial charge in [0.1, 0.15) is 6.61 Å². The van der Waals surface area contributed by atoms with Crippen molar-refractivity contribution >= 4 is 19.8 Å². The Morgan fingerprint density at radius 3 is 1.35 bits per heavy atom. The van der Waals surface area contributed by atoms with Crippen molar-refractivity contribution in [3.8, 4) is 0 Å². The van der Waals surface area contributed by atoms with Crippen LogP contribution in [0.15, 0.2) is 12.2 Å². The molecule has 2 N–H and O–H groups in total. The van der Waals surface area contributed by atoms with Gasteiger partial charge in [-0.3, -0.25) is 14.1 Å². The number of phosphoric ester groups is 1. The number of rotatable bonds is 35. The average Bonchev–Trinajstić information content (AvgIpc) is 3.02. The molecule has 0 saturated heterocycles. The summed E-state index contributed by atoms with van der Waals surface area (Å²) in [4.78, 5) is 42.7. The van der Waals surface area contributed by atoms with Crippen molar-refractivity contribution in [2.45, 2.75) is 200 Å². The van der Waals surface area contributed by atoms with E-state index in [4.69, 9.17) is 19.3 Å². The van der Waals surface area contributed by atoms with Crippen molar-refractivity contribution in [3.05, 3.63) is 12.2 Å². The van der Waals surface area contributed by atoms with Gasteiger partial charge >= 0.3 is 19.8 Å². The van der Waals surface area contributed by atoms with Crippen LogP contribution in [0.2, 0.25) is 0 Å². The fourth-order valence-electron chi connectivity index (χ4n) is 5.43. The number of esters is 2. The summed E-state index contributed by atoms with van der Waals surface area (Å²) in [5.41, 5.74) is 0. The summed E-state index contributed by atoms with van der Waals surface area (Å²) in [6.07, 6.45) is 35.0. The van der Waals surface area contributed by atoms with Crippen molar-refractivity contribution in [2.75, 3.05) is 13.2 Å². The Kier molecular flexibility index (Phi) is 32.8. The zero-order valence-electron chi connectivity index (χ0n) is 29.7. The van der Waals surface area contributed by atoms with Gasteiger partial charge in [-0.2, -0.15) is 0 Å². The third-order valence-electron chi connectivity index (χ3n) is 8.28. The minimum atomic E-state index is -4.74. The van der Waals surface area contributed by atoms with Crippen molar-refractivity contribution in [3.63, 3.8) is 0 Å². The molecule has 0 radical (unpaired) electrons. The van der Waals surface area contributed by atoms with Crippen LogP contribution in [-0.4, -0.2) is 41.0 Å². The summed E-state index contributed by atoms with van der Waals surface area (Å²) >= 11 is 0. The molecule has 0 bridgehead atoms. The van der Waals surface area contributed by atoms with Crippen LogP contribution in [0.5, 0.6) is 0 Å². The van der Waals surface area contributed by atoms with Crippen LogP contribution in [0, 0.1) is 0 Å². The highest BCUT2D eigenvalue weighted by atomic mass is 31.2. The molecule has 0 aromatic carbocycles. The minimum absolute atomic E-state index is 0.216. The summed E-state index contributed by atoms with van der Waals surface area (Å²) in [6.45, 7) is 3.66. The molecule has 0 amide bonds. The molecule has 0 aromatic heterocycles.